The maximum Gasteiger partial charge on any atom is 0.122 e. The van der Waals surface area contributed by atoms with Crippen molar-refractivity contribution < 1.29 is 9.13 Å². The Kier molecular flexibility index (Phi) is 3.74. The molecule has 0 aromatic heterocycles. The molecule has 0 saturated carbocycles. The molecule has 1 fully saturated rings. The van der Waals surface area contributed by atoms with Crippen LogP contribution in [0.15, 0.2) is 24.3 Å². The molecule has 0 radical (unpaired) electrons. The van der Waals surface area contributed by atoms with Crippen molar-refractivity contribution in [2.75, 3.05) is 19.7 Å². The van der Waals surface area contributed by atoms with Crippen LogP contribution in [0.3, 0.4) is 0 Å². The van der Waals surface area contributed by atoms with Crippen LogP contribution in [0.5, 0.6) is 5.75 Å². The molecule has 0 bridgehead atoms. The van der Waals surface area contributed by atoms with E-state index in [9.17, 15) is 0 Å². The zero-order valence-electron chi connectivity index (χ0n) is 11.3. The van der Waals surface area contributed by atoms with E-state index in [0.29, 0.717) is 25.2 Å². The van der Waals surface area contributed by atoms with E-state index in [-0.39, 0.29) is 0 Å². The molecule has 19 heavy (non-hydrogen) atoms. The smallest absolute Gasteiger partial charge is 0.122 e. The highest BCUT2D eigenvalue weighted by molar-refractivity contribution is 5.38. The van der Waals surface area contributed by atoms with Crippen molar-refractivity contribution in [3.63, 3.8) is 0 Å². The summed E-state index contributed by atoms with van der Waals surface area (Å²) in [5, 5.41) is 3.29. The minimum atomic E-state index is -1.00. The highest BCUT2D eigenvalue weighted by Gasteiger charge is 2.35. The van der Waals surface area contributed by atoms with Gasteiger partial charge < -0.3 is 10.1 Å². The summed E-state index contributed by atoms with van der Waals surface area (Å²) in [6.45, 7) is 2.48. The molecule has 2 heterocycles. The maximum atomic E-state index is 15.0. The van der Waals surface area contributed by atoms with Gasteiger partial charge in [0.15, 0.2) is 0 Å². The van der Waals surface area contributed by atoms with Crippen LogP contribution in [0.2, 0.25) is 0 Å². The zero-order valence-corrected chi connectivity index (χ0v) is 11.3. The lowest BCUT2D eigenvalue weighted by molar-refractivity contribution is 0.110. The van der Waals surface area contributed by atoms with E-state index in [2.05, 4.69) is 11.4 Å². The van der Waals surface area contributed by atoms with Gasteiger partial charge in [-0.05, 0) is 62.7 Å². The van der Waals surface area contributed by atoms with Crippen LogP contribution in [0, 0.1) is 0 Å². The predicted octanol–water partition coefficient (Wildman–Crippen LogP) is 3.42. The van der Waals surface area contributed by atoms with E-state index in [1.54, 1.807) is 0 Å². The van der Waals surface area contributed by atoms with E-state index in [0.717, 1.165) is 38.3 Å². The Labute approximate surface area is 114 Å². The van der Waals surface area contributed by atoms with Gasteiger partial charge in [0.25, 0.3) is 0 Å². The van der Waals surface area contributed by atoms with Gasteiger partial charge in [0.1, 0.15) is 11.4 Å². The Morgan fingerprint density at radius 2 is 2.16 bits per heavy atom. The second-order valence-corrected chi connectivity index (χ2v) is 5.83. The normalized spacial score (nSPS) is 31.1. The molecule has 2 atom stereocenters. The first kappa shape index (κ1) is 12.9. The summed E-state index contributed by atoms with van der Waals surface area (Å²) in [6.07, 6.45) is 3.87. The Morgan fingerprint density at radius 1 is 1.26 bits per heavy atom. The van der Waals surface area contributed by atoms with Gasteiger partial charge in [-0.25, -0.2) is 4.39 Å². The van der Waals surface area contributed by atoms with Gasteiger partial charge in [-0.15, -0.1) is 0 Å². The summed E-state index contributed by atoms with van der Waals surface area (Å²) in [6, 6.07) is 8.11. The summed E-state index contributed by atoms with van der Waals surface area (Å²) in [5.74, 6) is 1.27. The third kappa shape index (κ3) is 2.92. The summed E-state index contributed by atoms with van der Waals surface area (Å²) in [4.78, 5) is 0. The molecular weight excluding hydrogens is 241 g/mol. The molecule has 1 aromatic carbocycles. The first-order valence-electron chi connectivity index (χ1n) is 7.38. The highest BCUT2D eigenvalue weighted by Crippen LogP contribution is 2.42. The minimum Gasteiger partial charge on any atom is -0.493 e. The van der Waals surface area contributed by atoms with Crippen LogP contribution in [-0.4, -0.2) is 25.4 Å². The summed E-state index contributed by atoms with van der Waals surface area (Å²) >= 11 is 0. The molecule has 0 amide bonds. The Balaban J connectivity index is 1.76. The van der Waals surface area contributed by atoms with E-state index >= 15 is 4.39 Å². The lowest BCUT2D eigenvalue weighted by Crippen LogP contribution is -2.29. The number of fused-ring (bicyclic) bond motifs is 1. The minimum absolute atomic E-state index is 0.313. The van der Waals surface area contributed by atoms with Crippen molar-refractivity contribution in [3.05, 3.63) is 29.8 Å². The molecule has 2 aliphatic rings. The maximum absolute atomic E-state index is 15.0. The Bertz CT molecular complexity index is 427. The van der Waals surface area contributed by atoms with Gasteiger partial charge in [0.05, 0.1) is 6.61 Å². The molecule has 2 nitrogen and oxygen atoms in total. The Morgan fingerprint density at radius 3 is 3.11 bits per heavy atom. The van der Waals surface area contributed by atoms with Gasteiger partial charge >= 0.3 is 0 Å². The van der Waals surface area contributed by atoms with Crippen molar-refractivity contribution in [1.82, 2.24) is 5.32 Å². The standard InChI is InChI=1S/C16H22FNO/c17-16(7-3-9-18-10-8-16)12-13-6-11-19-15-5-2-1-4-14(13)15/h1-2,4-5,13,18H,3,6-12H2. The summed E-state index contributed by atoms with van der Waals surface area (Å²) < 4.78 is 20.7. The van der Waals surface area contributed by atoms with Crippen LogP contribution in [-0.2, 0) is 0 Å². The quantitative estimate of drug-likeness (QED) is 0.882. The largest absolute Gasteiger partial charge is 0.493 e. The number of hydrogen-bond donors (Lipinski definition) is 1. The SMILES string of the molecule is FC1(CC2CCOc3ccccc32)CCCNCC1. The van der Waals surface area contributed by atoms with Crippen LogP contribution in [0.1, 0.15) is 43.6 Å². The number of hydrogen-bond acceptors (Lipinski definition) is 2. The fraction of sp³-hybridized carbons (Fsp3) is 0.625. The van der Waals surface area contributed by atoms with Crippen LogP contribution in [0.4, 0.5) is 4.39 Å². The van der Waals surface area contributed by atoms with Crippen LogP contribution < -0.4 is 10.1 Å². The lowest BCUT2D eigenvalue weighted by Gasteiger charge is -2.32. The van der Waals surface area contributed by atoms with Gasteiger partial charge in [-0.2, -0.15) is 0 Å². The number of halogens is 1. The van der Waals surface area contributed by atoms with Crippen molar-refractivity contribution in [3.8, 4) is 5.75 Å². The topological polar surface area (TPSA) is 21.3 Å². The molecule has 1 aromatic rings. The van der Waals surface area contributed by atoms with E-state index in [1.807, 2.05) is 18.2 Å². The van der Waals surface area contributed by atoms with E-state index < -0.39 is 5.67 Å². The second-order valence-electron chi connectivity index (χ2n) is 5.83. The number of para-hydroxylation sites is 1. The number of nitrogens with one attached hydrogen (secondary N) is 1. The molecule has 3 rings (SSSR count). The molecule has 2 unspecified atom stereocenters. The highest BCUT2D eigenvalue weighted by atomic mass is 19.1. The second kappa shape index (κ2) is 5.49. The zero-order chi connectivity index (χ0) is 13.1. The lowest BCUT2D eigenvalue weighted by atomic mass is 9.80. The fourth-order valence-electron chi connectivity index (χ4n) is 3.37. The van der Waals surface area contributed by atoms with Gasteiger partial charge in [-0.3, -0.25) is 0 Å². The first-order chi connectivity index (χ1) is 9.27. The predicted molar refractivity (Wildman–Crippen MR) is 74.5 cm³/mol. The van der Waals surface area contributed by atoms with Crippen molar-refractivity contribution in [1.29, 1.82) is 0 Å². The molecule has 0 spiro atoms. The average Bonchev–Trinajstić information content (AvgIpc) is 2.64. The van der Waals surface area contributed by atoms with Crippen molar-refractivity contribution in [2.24, 2.45) is 0 Å². The van der Waals surface area contributed by atoms with Gasteiger partial charge in [-0.1, -0.05) is 18.2 Å². The Hall–Kier alpha value is -1.09. The fourth-order valence-corrected chi connectivity index (χ4v) is 3.37. The molecular formula is C16H22FNO. The third-order valence-electron chi connectivity index (χ3n) is 4.42. The third-order valence-corrected chi connectivity index (χ3v) is 4.42. The number of ether oxygens (including phenoxy) is 1. The van der Waals surface area contributed by atoms with Gasteiger partial charge in [0.2, 0.25) is 0 Å². The molecule has 0 aliphatic carbocycles. The molecule has 2 aliphatic heterocycles. The number of alkyl halides is 1. The number of rotatable bonds is 2. The monoisotopic (exact) mass is 263 g/mol. The molecule has 104 valence electrons. The molecule has 3 heteroatoms. The summed E-state index contributed by atoms with van der Waals surface area (Å²) in [7, 11) is 0. The summed E-state index contributed by atoms with van der Waals surface area (Å²) in [5.41, 5.74) is 0.196. The average molecular weight is 263 g/mol. The van der Waals surface area contributed by atoms with Crippen LogP contribution >= 0.6 is 0 Å². The van der Waals surface area contributed by atoms with Crippen molar-refractivity contribution >= 4 is 0 Å². The number of benzene rings is 1. The first-order valence-corrected chi connectivity index (χ1v) is 7.38. The van der Waals surface area contributed by atoms with E-state index in [4.69, 9.17) is 4.74 Å². The molecule has 1 saturated heterocycles. The van der Waals surface area contributed by atoms with Crippen molar-refractivity contribution in [2.45, 2.75) is 43.7 Å². The molecule has 1 N–H and O–H groups in total. The van der Waals surface area contributed by atoms with Crippen LogP contribution in [0.25, 0.3) is 0 Å². The van der Waals surface area contributed by atoms with E-state index in [1.165, 1.54) is 5.56 Å². The van der Waals surface area contributed by atoms with Gasteiger partial charge in [0, 0.05) is 0 Å².